The second-order valence-corrected chi connectivity index (χ2v) is 4.17. The smallest absolute Gasteiger partial charge is 0.229 e. The van der Waals surface area contributed by atoms with Crippen LogP contribution in [0.25, 0.3) is 0 Å². The molecule has 0 radical (unpaired) electrons. The second kappa shape index (κ2) is 5.42. The van der Waals surface area contributed by atoms with E-state index in [1.165, 1.54) is 6.20 Å². The molecule has 5 nitrogen and oxygen atoms in total. The van der Waals surface area contributed by atoms with E-state index >= 15 is 0 Å². The van der Waals surface area contributed by atoms with E-state index in [9.17, 15) is 4.79 Å². The zero-order valence-corrected chi connectivity index (χ0v) is 10.3. The zero-order chi connectivity index (χ0) is 13.0. The number of anilines is 1. The lowest BCUT2D eigenvalue weighted by Gasteiger charge is -2.04. The molecule has 0 spiro atoms. The van der Waals surface area contributed by atoms with Crippen molar-refractivity contribution in [2.45, 2.75) is 6.42 Å². The lowest BCUT2D eigenvalue weighted by Crippen LogP contribution is -2.18. The fraction of sp³-hybridized carbons (Fsp3) is 0.0833. The summed E-state index contributed by atoms with van der Waals surface area (Å²) in [7, 11) is 0. The molecule has 0 aliphatic rings. The van der Waals surface area contributed by atoms with Gasteiger partial charge in [-0.25, -0.2) is 0 Å². The Hall–Kier alpha value is -2.21. The van der Waals surface area contributed by atoms with E-state index in [-0.39, 0.29) is 17.3 Å². The van der Waals surface area contributed by atoms with Crippen molar-refractivity contribution >= 4 is 28.9 Å². The summed E-state index contributed by atoms with van der Waals surface area (Å²) in [5, 5.41) is 9.15. The summed E-state index contributed by atoms with van der Waals surface area (Å²) < 4.78 is 0. The maximum Gasteiger partial charge on any atom is 0.229 e. The number of carbonyl (C=O) groups is 1. The molecule has 0 bridgehead atoms. The summed E-state index contributed by atoms with van der Waals surface area (Å²) in [5.41, 5.74) is 6.98. The van der Waals surface area contributed by atoms with Crippen molar-refractivity contribution in [1.29, 1.82) is 0 Å². The van der Waals surface area contributed by atoms with Gasteiger partial charge in [0.05, 0.1) is 18.2 Å². The molecule has 92 valence electrons. The number of rotatable bonds is 4. The standard InChI is InChI=1S/C12H12N4OS/c13-11(18)9-7-14-16-12(9)15-10(17)6-8-4-2-1-3-5-8/h1-5,7H,6H2,(H2,13,18)(H2,14,15,16,17). The first-order valence-electron chi connectivity index (χ1n) is 5.34. The summed E-state index contributed by atoms with van der Waals surface area (Å²) in [6.07, 6.45) is 1.77. The molecule has 0 unspecified atom stereocenters. The van der Waals surface area contributed by atoms with Gasteiger partial charge < -0.3 is 11.1 Å². The van der Waals surface area contributed by atoms with Gasteiger partial charge >= 0.3 is 0 Å². The molecular weight excluding hydrogens is 248 g/mol. The van der Waals surface area contributed by atoms with Gasteiger partial charge in [0, 0.05) is 0 Å². The monoisotopic (exact) mass is 260 g/mol. The molecule has 0 saturated heterocycles. The quantitative estimate of drug-likeness (QED) is 0.722. The highest BCUT2D eigenvalue weighted by Crippen LogP contribution is 2.11. The molecular formula is C12H12N4OS. The van der Waals surface area contributed by atoms with Gasteiger partial charge in [-0.15, -0.1) is 0 Å². The highest BCUT2D eigenvalue weighted by Gasteiger charge is 2.11. The van der Waals surface area contributed by atoms with E-state index in [4.69, 9.17) is 18.0 Å². The Bertz CT molecular complexity index is 564. The Morgan fingerprint density at radius 1 is 1.39 bits per heavy atom. The number of carbonyl (C=O) groups excluding carboxylic acids is 1. The third-order valence-electron chi connectivity index (χ3n) is 2.38. The molecule has 0 saturated carbocycles. The van der Waals surface area contributed by atoms with Crippen molar-refractivity contribution in [2.24, 2.45) is 5.73 Å². The van der Waals surface area contributed by atoms with E-state index in [2.05, 4.69) is 15.5 Å². The first-order chi connectivity index (χ1) is 8.66. The molecule has 0 atom stereocenters. The first kappa shape index (κ1) is 12.3. The average molecular weight is 260 g/mol. The van der Waals surface area contributed by atoms with Crippen molar-refractivity contribution in [1.82, 2.24) is 10.2 Å². The number of thiocarbonyl (C=S) groups is 1. The fourth-order valence-electron chi connectivity index (χ4n) is 1.53. The van der Waals surface area contributed by atoms with Crippen LogP contribution in [0.15, 0.2) is 36.5 Å². The third-order valence-corrected chi connectivity index (χ3v) is 2.60. The number of hydrogen-bond acceptors (Lipinski definition) is 3. The van der Waals surface area contributed by atoms with E-state index < -0.39 is 0 Å². The fourth-order valence-corrected chi connectivity index (χ4v) is 1.69. The van der Waals surface area contributed by atoms with Crippen LogP contribution in [-0.4, -0.2) is 21.1 Å². The van der Waals surface area contributed by atoms with Gasteiger partial charge in [-0.2, -0.15) is 5.10 Å². The van der Waals surface area contributed by atoms with Crippen LogP contribution >= 0.6 is 12.2 Å². The number of hydrogen-bond donors (Lipinski definition) is 3. The van der Waals surface area contributed by atoms with Gasteiger partial charge in [0.2, 0.25) is 5.91 Å². The normalized spacial score (nSPS) is 10.0. The number of amides is 1. The Kier molecular flexibility index (Phi) is 3.69. The number of nitrogens with two attached hydrogens (primary N) is 1. The molecule has 1 amide bonds. The Labute approximate surface area is 109 Å². The van der Waals surface area contributed by atoms with Crippen LogP contribution in [0.4, 0.5) is 5.82 Å². The number of nitrogens with zero attached hydrogens (tertiary/aromatic N) is 1. The lowest BCUT2D eigenvalue weighted by atomic mass is 10.1. The van der Waals surface area contributed by atoms with E-state index in [1.807, 2.05) is 30.3 Å². The van der Waals surface area contributed by atoms with Crippen LogP contribution in [-0.2, 0) is 11.2 Å². The summed E-state index contributed by atoms with van der Waals surface area (Å²) in [6.45, 7) is 0. The van der Waals surface area contributed by atoms with Crippen LogP contribution in [0.3, 0.4) is 0 Å². The van der Waals surface area contributed by atoms with E-state index in [1.54, 1.807) is 0 Å². The van der Waals surface area contributed by atoms with Crippen LogP contribution in [0.1, 0.15) is 11.1 Å². The van der Waals surface area contributed by atoms with E-state index in [0.29, 0.717) is 11.4 Å². The van der Waals surface area contributed by atoms with Crippen LogP contribution in [0.2, 0.25) is 0 Å². The number of aromatic nitrogens is 2. The number of aromatic amines is 1. The van der Waals surface area contributed by atoms with Gasteiger partial charge in [-0.1, -0.05) is 42.5 Å². The maximum absolute atomic E-state index is 11.8. The lowest BCUT2D eigenvalue weighted by molar-refractivity contribution is -0.115. The highest BCUT2D eigenvalue weighted by molar-refractivity contribution is 7.80. The van der Waals surface area contributed by atoms with Crippen LogP contribution in [0, 0.1) is 0 Å². The largest absolute Gasteiger partial charge is 0.389 e. The van der Waals surface area contributed by atoms with Crippen molar-refractivity contribution in [2.75, 3.05) is 5.32 Å². The zero-order valence-electron chi connectivity index (χ0n) is 9.51. The number of benzene rings is 1. The topological polar surface area (TPSA) is 83.8 Å². The summed E-state index contributed by atoms with van der Waals surface area (Å²) in [4.78, 5) is 12.0. The molecule has 1 aromatic heterocycles. The predicted octanol–water partition coefficient (Wildman–Crippen LogP) is 1.23. The van der Waals surface area contributed by atoms with Crippen LogP contribution in [0.5, 0.6) is 0 Å². The molecule has 0 fully saturated rings. The summed E-state index contributed by atoms with van der Waals surface area (Å²) in [6, 6.07) is 9.46. The summed E-state index contributed by atoms with van der Waals surface area (Å²) in [5.74, 6) is 0.284. The van der Waals surface area contributed by atoms with Crippen molar-refractivity contribution in [3.63, 3.8) is 0 Å². The minimum absolute atomic E-state index is 0.150. The predicted molar refractivity (Wildman–Crippen MR) is 73.3 cm³/mol. The molecule has 2 rings (SSSR count). The van der Waals surface area contributed by atoms with Gasteiger partial charge in [0.15, 0.2) is 0 Å². The minimum atomic E-state index is -0.150. The number of H-pyrrole nitrogens is 1. The summed E-state index contributed by atoms with van der Waals surface area (Å²) >= 11 is 4.85. The van der Waals surface area contributed by atoms with E-state index in [0.717, 1.165) is 5.56 Å². The van der Waals surface area contributed by atoms with Crippen molar-refractivity contribution in [3.8, 4) is 0 Å². The molecule has 18 heavy (non-hydrogen) atoms. The molecule has 0 aliphatic carbocycles. The highest BCUT2D eigenvalue weighted by atomic mass is 32.1. The van der Waals surface area contributed by atoms with Crippen LogP contribution < -0.4 is 11.1 Å². The Balaban J connectivity index is 2.04. The Morgan fingerprint density at radius 3 is 2.78 bits per heavy atom. The van der Waals surface area contributed by atoms with Crippen molar-refractivity contribution in [3.05, 3.63) is 47.7 Å². The molecule has 0 aliphatic heterocycles. The van der Waals surface area contributed by atoms with Gasteiger partial charge in [0.25, 0.3) is 0 Å². The molecule has 6 heteroatoms. The third kappa shape index (κ3) is 2.92. The number of nitrogens with one attached hydrogen (secondary N) is 2. The Morgan fingerprint density at radius 2 is 2.11 bits per heavy atom. The maximum atomic E-state index is 11.8. The SMILES string of the molecule is NC(=S)c1cn[nH]c1NC(=O)Cc1ccccc1. The minimum Gasteiger partial charge on any atom is -0.389 e. The molecule has 1 heterocycles. The van der Waals surface area contributed by atoms with Gasteiger partial charge in [-0.05, 0) is 5.56 Å². The molecule has 2 aromatic rings. The molecule has 4 N–H and O–H groups in total. The van der Waals surface area contributed by atoms with Crippen molar-refractivity contribution < 1.29 is 4.79 Å². The average Bonchev–Trinajstić information content (AvgIpc) is 2.78. The van der Waals surface area contributed by atoms with Gasteiger partial charge in [0.1, 0.15) is 10.8 Å². The molecule has 1 aromatic carbocycles. The second-order valence-electron chi connectivity index (χ2n) is 3.73. The van der Waals surface area contributed by atoms with Gasteiger partial charge in [-0.3, -0.25) is 9.89 Å². The first-order valence-corrected chi connectivity index (χ1v) is 5.74.